The van der Waals surface area contributed by atoms with E-state index >= 15 is 0 Å². The fraction of sp³-hybridized carbons (Fsp3) is 0.591. The van der Waals surface area contributed by atoms with Crippen molar-refractivity contribution in [2.75, 3.05) is 13.2 Å². The summed E-state index contributed by atoms with van der Waals surface area (Å²) in [7, 11) is 0. The number of nitrogens with zero attached hydrogens (tertiary/aromatic N) is 4. The topological polar surface area (TPSA) is 110 Å². The fourth-order valence-corrected chi connectivity index (χ4v) is 4.67. The van der Waals surface area contributed by atoms with Gasteiger partial charge in [-0.1, -0.05) is 42.4 Å². The third-order valence-corrected chi connectivity index (χ3v) is 6.43. The normalized spacial score (nSPS) is 20.4. The maximum Gasteiger partial charge on any atom is 0.419 e. The van der Waals surface area contributed by atoms with Crippen LogP contribution in [-0.2, 0) is 6.18 Å². The van der Waals surface area contributed by atoms with Crippen molar-refractivity contribution in [1.29, 1.82) is 0 Å². The van der Waals surface area contributed by atoms with Gasteiger partial charge in [0.2, 0.25) is 17.7 Å². The van der Waals surface area contributed by atoms with Crippen molar-refractivity contribution in [3.8, 4) is 17.1 Å². The molecule has 1 atom stereocenters. The van der Waals surface area contributed by atoms with Gasteiger partial charge in [-0.25, -0.2) is 0 Å². The number of likely N-dealkylation sites (tertiary alicyclic amines) is 1. The molecule has 8 nitrogen and oxygen atoms in total. The molecular formula is C22H28F3N5O3. The van der Waals surface area contributed by atoms with Gasteiger partial charge in [0.25, 0.3) is 0 Å². The van der Waals surface area contributed by atoms with Crippen LogP contribution in [0.1, 0.15) is 68.9 Å². The quantitative estimate of drug-likeness (QED) is 0.268. The number of rotatable bonds is 6. The average molecular weight is 467 g/mol. The van der Waals surface area contributed by atoms with Crippen LogP contribution in [0.3, 0.4) is 0 Å². The van der Waals surface area contributed by atoms with Gasteiger partial charge in [-0.2, -0.15) is 18.2 Å². The molecule has 33 heavy (non-hydrogen) atoms. The van der Waals surface area contributed by atoms with E-state index in [1.165, 1.54) is 31.4 Å². The van der Waals surface area contributed by atoms with Gasteiger partial charge in [0.15, 0.2) is 0 Å². The molecule has 1 aliphatic heterocycles. The molecule has 2 heterocycles. The van der Waals surface area contributed by atoms with Crippen molar-refractivity contribution in [3.63, 3.8) is 0 Å². The highest BCUT2D eigenvalue weighted by atomic mass is 19.4. The second kappa shape index (κ2) is 9.88. The van der Waals surface area contributed by atoms with Gasteiger partial charge in [0.05, 0.1) is 12.2 Å². The summed E-state index contributed by atoms with van der Waals surface area (Å²) in [5.41, 5.74) is 5.00. The number of nitrogens with two attached hydrogens (primary N) is 1. The molecule has 1 aliphatic carbocycles. The van der Waals surface area contributed by atoms with Crippen molar-refractivity contribution in [1.82, 2.24) is 15.0 Å². The molecule has 4 rings (SSSR count). The molecule has 1 saturated carbocycles. The summed E-state index contributed by atoms with van der Waals surface area (Å²) in [6.07, 6.45) is 3.39. The maximum absolute atomic E-state index is 13.8. The number of ether oxygens (including phenoxy) is 1. The van der Waals surface area contributed by atoms with Gasteiger partial charge in [0.1, 0.15) is 11.8 Å². The van der Waals surface area contributed by atoms with Gasteiger partial charge in [-0.15, -0.1) is 0 Å². The van der Waals surface area contributed by atoms with Crippen LogP contribution >= 0.6 is 0 Å². The fourth-order valence-electron chi connectivity index (χ4n) is 4.67. The Hall–Kier alpha value is -2.98. The first kappa shape index (κ1) is 23.2. The SMILES string of the molecule is NC(=NO)N1CCC[C@H]1c1nc(-c2ccc(OCCC3CCCCC3)c(C(F)(F)F)c2)no1. The first-order valence-corrected chi connectivity index (χ1v) is 11.3. The second-order valence-electron chi connectivity index (χ2n) is 8.62. The lowest BCUT2D eigenvalue weighted by molar-refractivity contribution is -0.138. The van der Waals surface area contributed by atoms with Gasteiger partial charge >= 0.3 is 6.18 Å². The lowest BCUT2D eigenvalue weighted by atomic mass is 9.87. The predicted molar refractivity (Wildman–Crippen MR) is 114 cm³/mol. The van der Waals surface area contributed by atoms with E-state index in [1.807, 2.05) is 0 Å². The van der Waals surface area contributed by atoms with E-state index in [2.05, 4.69) is 15.3 Å². The molecule has 1 saturated heterocycles. The largest absolute Gasteiger partial charge is 0.493 e. The first-order valence-electron chi connectivity index (χ1n) is 11.3. The molecule has 0 amide bonds. The molecule has 2 fully saturated rings. The Morgan fingerprint density at radius 2 is 2.00 bits per heavy atom. The summed E-state index contributed by atoms with van der Waals surface area (Å²) < 4.78 is 52.1. The van der Waals surface area contributed by atoms with Crippen molar-refractivity contribution < 1.29 is 27.6 Å². The smallest absolute Gasteiger partial charge is 0.419 e. The number of benzene rings is 1. The van der Waals surface area contributed by atoms with Crippen molar-refractivity contribution >= 4 is 5.96 Å². The van der Waals surface area contributed by atoms with Crippen LogP contribution in [0, 0.1) is 5.92 Å². The highest BCUT2D eigenvalue weighted by Gasteiger charge is 2.36. The van der Waals surface area contributed by atoms with Crippen LogP contribution in [0.25, 0.3) is 11.4 Å². The Morgan fingerprint density at radius 1 is 1.21 bits per heavy atom. The Balaban J connectivity index is 1.50. The predicted octanol–water partition coefficient (Wildman–Crippen LogP) is 4.95. The Labute approximate surface area is 189 Å². The summed E-state index contributed by atoms with van der Waals surface area (Å²) in [6.45, 7) is 0.800. The minimum absolute atomic E-state index is 0.0376. The van der Waals surface area contributed by atoms with Crippen LogP contribution in [0.15, 0.2) is 27.9 Å². The molecule has 180 valence electrons. The minimum atomic E-state index is -4.59. The summed E-state index contributed by atoms with van der Waals surface area (Å²) in [4.78, 5) is 5.90. The molecule has 3 N–H and O–H groups in total. The van der Waals surface area contributed by atoms with E-state index in [1.54, 1.807) is 4.90 Å². The molecule has 1 aromatic heterocycles. The number of aromatic nitrogens is 2. The Kier molecular flexibility index (Phi) is 6.94. The highest BCUT2D eigenvalue weighted by Crippen LogP contribution is 2.39. The molecule has 2 aliphatic rings. The van der Waals surface area contributed by atoms with E-state index in [4.69, 9.17) is 20.2 Å². The van der Waals surface area contributed by atoms with Gasteiger partial charge < -0.3 is 25.1 Å². The summed E-state index contributed by atoms with van der Waals surface area (Å²) in [5.74, 6) is 0.488. The van der Waals surface area contributed by atoms with E-state index in [-0.39, 0.29) is 35.6 Å². The summed E-state index contributed by atoms with van der Waals surface area (Å²) >= 11 is 0. The number of hydrogen-bond donors (Lipinski definition) is 2. The van der Waals surface area contributed by atoms with Crippen molar-refractivity contribution in [2.24, 2.45) is 16.8 Å². The summed E-state index contributed by atoms with van der Waals surface area (Å²) in [6, 6.07) is 3.40. The van der Waals surface area contributed by atoms with E-state index in [9.17, 15) is 13.2 Å². The average Bonchev–Trinajstić information content (AvgIpc) is 3.48. The molecular weight excluding hydrogens is 439 g/mol. The number of oxime groups is 1. The summed E-state index contributed by atoms with van der Waals surface area (Å²) in [5, 5.41) is 15.8. The zero-order valence-electron chi connectivity index (χ0n) is 18.2. The van der Waals surface area contributed by atoms with Crippen LogP contribution < -0.4 is 10.5 Å². The molecule has 0 spiro atoms. The zero-order chi connectivity index (χ0) is 23.4. The van der Waals surface area contributed by atoms with Crippen LogP contribution in [0.5, 0.6) is 5.75 Å². The third-order valence-electron chi connectivity index (χ3n) is 6.43. The van der Waals surface area contributed by atoms with Crippen molar-refractivity contribution in [3.05, 3.63) is 29.7 Å². The third kappa shape index (κ3) is 5.33. The maximum atomic E-state index is 13.8. The van der Waals surface area contributed by atoms with Crippen LogP contribution in [-0.4, -0.2) is 39.4 Å². The molecule has 0 radical (unpaired) electrons. The van der Waals surface area contributed by atoms with E-state index in [0.29, 0.717) is 18.9 Å². The molecule has 2 aromatic rings. The zero-order valence-corrected chi connectivity index (χ0v) is 18.2. The van der Waals surface area contributed by atoms with Gasteiger partial charge in [-0.3, -0.25) is 0 Å². The van der Waals surface area contributed by atoms with Gasteiger partial charge in [-0.05, 0) is 43.4 Å². The second-order valence-corrected chi connectivity index (χ2v) is 8.62. The van der Waals surface area contributed by atoms with Crippen molar-refractivity contribution in [2.45, 2.75) is 63.6 Å². The van der Waals surface area contributed by atoms with Crippen LogP contribution in [0.2, 0.25) is 0 Å². The van der Waals surface area contributed by atoms with E-state index in [0.717, 1.165) is 31.7 Å². The molecule has 0 bridgehead atoms. The molecule has 11 heteroatoms. The minimum Gasteiger partial charge on any atom is -0.493 e. The number of alkyl halides is 3. The first-order chi connectivity index (χ1) is 15.9. The lowest BCUT2D eigenvalue weighted by Gasteiger charge is -2.22. The number of guanidine groups is 1. The molecule has 1 aromatic carbocycles. The Morgan fingerprint density at radius 3 is 2.73 bits per heavy atom. The number of hydrogen-bond acceptors (Lipinski definition) is 6. The monoisotopic (exact) mass is 467 g/mol. The lowest BCUT2D eigenvalue weighted by Crippen LogP contribution is -2.36. The van der Waals surface area contributed by atoms with Gasteiger partial charge in [0, 0.05) is 12.1 Å². The highest BCUT2D eigenvalue weighted by molar-refractivity contribution is 5.78. The number of halogens is 3. The van der Waals surface area contributed by atoms with Crippen LogP contribution in [0.4, 0.5) is 13.2 Å². The van der Waals surface area contributed by atoms with E-state index < -0.39 is 17.8 Å². The Bertz CT molecular complexity index is 972. The standard InChI is InChI=1S/C22H28F3N5O3/c23-22(24,25)16-13-15(8-9-18(16)32-12-10-14-5-2-1-3-6-14)19-27-20(33-29-19)17-7-4-11-30(17)21(26)28-31/h8-9,13-14,17,31H,1-7,10-12H2,(H2,26,28)/t17-/m0/s1. The molecule has 0 unspecified atom stereocenters.